The molecule has 4 heterocycles. The molecule has 0 saturated carbocycles. The molecular weight excluding hydrogens is 1450 g/mol. The summed E-state index contributed by atoms with van der Waals surface area (Å²) >= 11 is 0. The second-order valence-electron chi connectivity index (χ2n) is 32.8. The van der Waals surface area contributed by atoms with E-state index in [9.17, 15) is 0 Å². The molecule has 0 aliphatic carbocycles. The third-order valence-electron chi connectivity index (χ3n) is 25.1. The molecule has 0 unspecified atom stereocenters. The van der Waals surface area contributed by atoms with Gasteiger partial charge >= 0.3 is 0 Å². The van der Waals surface area contributed by atoms with Gasteiger partial charge in [0.1, 0.15) is 23.0 Å². The topological polar surface area (TPSA) is 24.9 Å². The highest BCUT2D eigenvalue weighted by Gasteiger charge is 2.52. The van der Waals surface area contributed by atoms with Crippen LogP contribution in [-0.4, -0.2) is 21.5 Å². The third-order valence-corrected chi connectivity index (χ3v) is 29.8. The number of ether oxygens (including phenoxy) is 2. The van der Waals surface area contributed by atoms with Crippen molar-refractivity contribution < 1.29 is 9.47 Å². The molecule has 0 radical (unpaired) electrons. The lowest BCUT2D eigenvalue weighted by molar-refractivity contribution is 0.468. The highest BCUT2D eigenvalue weighted by atomic mass is 28.3. The van der Waals surface area contributed by atoms with E-state index < -0.39 is 21.5 Å². The van der Waals surface area contributed by atoms with Gasteiger partial charge in [-0.2, -0.15) is 0 Å². The van der Waals surface area contributed by atoms with Crippen LogP contribution in [0.2, 0.25) is 0 Å². The normalized spacial score (nSPS) is 12.7. The summed E-state index contributed by atoms with van der Waals surface area (Å²) in [4.78, 5) is 5.31. The number of hydrogen-bond donors (Lipinski definition) is 0. The van der Waals surface area contributed by atoms with E-state index in [1.807, 2.05) is 0 Å². The quantitative estimate of drug-likeness (QED) is 0.0800. The van der Waals surface area contributed by atoms with E-state index >= 15 is 0 Å². The highest BCUT2D eigenvalue weighted by Crippen LogP contribution is 2.56. The number of para-hydroxylation sites is 2. The summed E-state index contributed by atoms with van der Waals surface area (Å²) in [5.74, 6) is 3.12. The molecule has 4 aliphatic rings. The molecule has 0 spiro atoms. The standard InChI is InChI=1S/C112H80B2N2O2Si/c1-112(2,3)86-64-65-96-99(73-86)115(108-91(78-43-20-7-21-44-78)59-35-60-92(108)79-45-22-8-23-46-79)100-71-85(77-41-18-6-19-42-77)72-101-105(100)114(96)106-102(116(101)109-93(80-47-24-9-25-48-80)61-36-62-94(109)81-49-26-10-27-50-81)74-104-107-111(106)117-103-66-63-82(75-37-14-4-15-38-75)69-97(103)113(107)98-70-84(76-39-16-5-17-40-76)68-95(110(98)118-104)83-51-34-58-90(67-83)119(87-52-28-11-29-53-87,88-54-30-12-31-55-88)89-56-32-13-33-57-89/h4-74H,1-3H3. The monoisotopic (exact) mass is 1530 g/mol. The second kappa shape index (κ2) is 29.0. The number of anilines is 6. The van der Waals surface area contributed by atoms with Crippen molar-refractivity contribution in [3.05, 3.63) is 436 Å². The summed E-state index contributed by atoms with van der Waals surface area (Å²) in [6.07, 6.45) is 0. The Bertz CT molecular complexity index is 6720. The molecule has 119 heavy (non-hydrogen) atoms. The zero-order chi connectivity index (χ0) is 79.3. The fraction of sp³-hybridized carbons (Fsp3) is 0.0357. The van der Waals surface area contributed by atoms with Gasteiger partial charge in [-0.1, -0.05) is 415 Å². The van der Waals surface area contributed by atoms with Gasteiger partial charge in [0.25, 0.3) is 13.4 Å². The van der Waals surface area contributed by atoms with Crippen molar-refractivity contribution in [1.82, 2.24) is 0 Å². The number of fused-ring (bicyclic) bond motifs is 9. The predicted molar refractivity (Wildman–Crippen MR) is 504 cm³/mol. The van der Waals surface area contributed by atoms with Crippen LogP contribution in [-0.2, 0) is 5.41 Å². The van der Waals surface area contributed by atoms with E-state index in [0.29, 0.717) is 0 Å². The van der Waals surface area contributed by atoms with E-state index in [4.69, 9.17) is 9.47 Å². The minimum Gasteiger partial charge on any atom is -0.459 e. The molecular formula is C112H80B2N2O2Si. The molecule has 0 fully saturated rings. The third kappa shape index (κ3) is 11.9. The summed E-state index contributed by atoms with van der Waals surface area (Å²) in [6.45, 7) is 6.19. The summed E-state index contributed by atoms with van der Waals surface area (Å²) in [5.41, 5.74) is 31.3. The largest absolute Gasteiger partial charge is 0.459 e. The van der Waals surface area contributed by atoms with E-state index in [-0.39, 0.29) is 5.41 Å². The van der Waals surface area contributed by atoms with E-state index in [2.05, 4.69) is 461 Å². The van der Waals surface area contributed by atoms with Crippen LogP contribution in [0.3, 0.4) is 0 Å². The Hall–Kier alpha value is -14.5. The van der Waals surface area contributed by atoms with Crippen LogP contribution >= 0.6 is 0 Å². The predicted octanol–water partition coefficient (Wildman–Crippen LogP) is 22.5. The van der Waals surface area contributed by atoms with Gasteiger partial charge in [-0.05, 0) is 151 Å². The van der Waals surface area contributed by atoms with Gasteiger partial charge < -0.3 is 19.3 Å². The molecule has 18 aromatic rings. The Morgan fingerprint density at radius 1 is 0.227 bits per heavy atom. The fourth-order valence-electron chi connectivity index (χ4n) is 19.6. The maximum Gasteiger partial charge on any atom is 0.260 e. The van der Waals surface area contributed by atoms with Crippen molar-refractivity contribution in [3.8, 4) is 112 Å². The summed E-state index contributed by atoms with van der Waals surface area (Å²) in [5, 5.41) is 5.19. The highest BCUT2D eigenvalue weighted by molar-refractivity contribution is 7.20. The Morgan fingerprint density at radius 3 is 1.07 bits per heavy atom. The lowest BCUT2D eigenvalue weighted by Crippen LogP contribution is -2.74. The lowest BCUT2D eigenvalue weighted by atomic mass is 9.30. The summed E-state index contributed by atoms with van der Waals surface area (Å²) < 4.78 is 16.7. The van der Waals surface area contributed by atoms with Crippen molar-refractivity contribution in [2.24, 2.45) is 0 Å². The molecule has 22 rings (SSSR count). The minimum atomic E-state index is -3.08. The van der Waals surface area contributed by atoms with E-state index in [0.717, 1.165) is 179 Å². The van der Waals surface area contributed by atoms with Crippen LogP contribution in [0.15, 0.2) is 431 Å². The SMILES string of the molecule is CC(C)(C)c1ccc2c(c1)N(c1c(-c3ccccc3)cccc1-c1ccccc1)c1cc(-c3ccccc3)cc3c1B2c1c(cc2c4c1Oc1ccc(-c5ccccc5)cc1B4c1cc(-c4ccccc4)cc(-c4cccc([Si](c5ccccc5)(c5ccccc5)c5ccccc5)c4)c1O2)N3c1c(-c2ccccc2)cccc1-c1ccccc1. The first-order valence-electron chi connectivity index (χ1n) is 41.4. The second-order valence-corrected chi connectivity index (χ2v) is 36.6. The maximum absolute atomic E-state index is 8.38. The molecule has 0 aromatic heterocycles. The Morgan fingerprint density at radius 2 is 0.605 bits per heavy atom. The molecule has 560 valence electrons. The van der Waals surface area contributed by atoms with Gasteiger partial charge in [0.05, 0.1) is 11.4 Å². The number of rotatable bonds is 14. The zero-order valence-electron chi connectivity index (χ0n) is 66.4. The molecule has 18 aromatic carbocycles. The molecule has 0 atom stereocenters. The van der Waals surface area contributed by atoms with Gasteiger partial charge in [0.2, 0.25) is 0 Å². The van der Waals surface area contributed by atoms with Crippen molar-refractivity contribution >= 4 is 109 Å². The average molecular weight is 1540 g/mol. The van der Waals surface area contributed by atoms with Gasteiger partial charge in [0, 0.05) is 62.1 Å². The van der Waals surface area contributed by atoms with Crippen LogP contribution in [0.5, 0.6) is 23.0 Å². The molecule has 0 saturated heterocycles. The number of nitrogens with zero attached hydrogens (tertiary/aromatic N) is 2. The van der Waals surface area contributed by atoms with Crippen LogP contribution in [0.4, 0.5) is 34.1 Å². The van der Waals surface area contributed by atoms with Crippen LogP contribution in [0, 0.1) is 0 Å². The average Bonchev–Trinajstić information content (AvgIpc) is 0.675. The van der Waals surface area contributed by atoms with Crippen LogP contribution in [0.1, 0.15) is 26.3 Å². The molecule has 7 heteroatoms. The minimum absolute atomic E-state index is 0.251. The van der Waals surface area contributed by atoms with Gasteiger partial charge in [0.15, 0.2) is 8.07 Å². The van der Waals surface area contributed by atoms with Crippen LogP contribution in [0.25, 0.3) is 89.0 Å². The van der Waals surface area contributed by atoms with Crippen molar-refractivity contribution in [2.45, 2.75) is 26.2 Å². The maximum atomic E-state index is 8.38. The van der Waals surface area contributed by atoms with E-state index in [1.165, 1.54) is 26.3 Å². The first-order chi connectivity index (χ1) is 58.7. The van der Waals surface area contributed by atoms with E-state index in [1.54, 1.807) is 0 Å². The first kappa shape index (κ1) is 71.1. The summed E-state index contributed by atoms with van der Waals surface area (Å²) in [7, 11) is -3.08. The van der Waals surface area contributed by atoms with Gasteiger partial charge in [-0.25, -0.2) is 0 Å². The smallest absolute Gasteiger partial charge is 0.260 e. The zero-order valence-corrected chi connectivity index (χ0v) is 67.4. The van der Waals surface area contributed by atoms with Crippen molar-refractivity contribution in [3.63, 3.8) is 0 Å². The molecule has 0 bridgehead atoms. The van der Waals surface area contributed by atoms with Crippen LogP contribution < -0.4 is 72.8 Å². The van der Waals surface area contributed by atoms with Crippen molar-refractivity contribution in [1.29, 1.82) is 0 Å². The molecule has 0 amide bonds. The Balaban J connectivity index is 0.892. The van der Waals surface area contributed by atoms with Crippen molar-refractivity contribution in [2.75, 3.05) is 9.80 Å². The summed E-state index contributed by atoms with van der Waals surface area (Å²) in [6, 6.07) is 161. The van der Waals surface area contributed by atoms with Gasteiger partial charge in [-0.15, -0.1) is 0 Å². The Labute approximate surface area is 698 Å². The molecule has 0 N–H and O–H groups in total. The molecule has 4 aliphatic heterocycles. The fourth-order valence-corrected chi connectivity index (χ4v) is 24.4. The molecule has 4 nitrogen and oxygen atoms in total. The van der Waals surface area contributed by atoms with Gasteiger partial charge in [-0.3, -0.25) is 0 Å². The lowest BCUT2D eigenvalue weighted by Gasteiger charge is -2.47. The Kier molecular flexibility index (Phi) is 17.3. The first-order valence-corrected chi connectivity index (χ1v) is 43.4. The number of hydrogen-bond acceptors (Lipinski definition) is 4. The number of benzene rings is 18.